The first-order valence-electron chi connectivity index (χ1n) is 9.23. The molecule has 0 radical (unpaired) electrons. The largest absolute Gasteiger partial charge is 0.494 e. The molecule has 0 bridgehead atoms. The van der Waals surface area contributed by atoms with Gasteiger partial charge in [0.2, 0.25) is 0 Å². The molecule has 0 N–H and O–H groups in total. The van der Waals surface area contributed by atoms with Crippen molar-refractivity contribution < 1.29 is 14.1 Å². The van der Waals surface area contributed by atoms with Gasteiger partial charge in [-0.1, -0.05) is 6.07 Å². The van der Waals surface area contributed by atoms with E-state index in [1.807, 2.05) is 56.7 Å². The first-order valence-corrected chi connectivity index (χ1v) is 9.23. The molecule has 0 spiro atoms. The maximum absolute atomic E-state index is 12.3. The highest BCUT2D eigenvalue weighted by atomic mass is 16.7. The lowest BCUT2D eigenvalue weighted by atomic mass is 9.78. The van der Waals surface area contributed by atoms with Gasteiger partial charge in [0.25, 0.3) is 0 Å². The molecule has 4 rings (SSSR count). The summed E-state index contributed by atoms with van der Waals surface area (Å²) in [6.45, 7) is 9.69. The summed E-state index contributed by atoms with van der Waals surface area (Å²) in [6.07, 6.45) is 6.24. The minimum Gasteiger partial charge on any atom is -0.399 e. The number of carbonyl (C=O) groups is 1. The van der Waals surface area contributed by atoms with Gasteiger partial charge in [-0.25, -0.2) is 4.98 Å². The summed E-state index contributed by atoms with van der Waals surface area (Å²) < 4.78 is 14.2. The fourth-order valence-electron chi connectivity index (χ4n) is 3.25. The van der Waals surface area contributed by atoms with Crippen LogP contribution in [0.25, 0.3) is 5.69 Å². The van der Waals surface area contributed by atoms with Crippen LogP contribution in [0.2, 0.25) is 0 Å². The first kappa shape index (κ1) is 17.5. The lowest BCUT2D eigenvalue weighted by molar-refractivity contribution is 0.00578. The number of hydrogen-bond donors (Lipinski definition) is 0. The summed E-state index contributed by atoms with van der Waals surface area (Å²) in [5, 5.41) is 0. The molecule has 1 aliphatic carbocycles. The molecule has 6 heteroatoms. The van der Waals surface area contributed by atoms with Crippen LogP contribution in [0.1, 0.15) is 69.4 Å². The van der Waals surface area contributed by atoms with Crippen LogP contribution in [0.15, 0.2) is 30.7 Å². The Balaban J connectivity index is 1.69. The van der Waals surface area contributed by atoms with Crippen LogP contribution in [0.3, 0.4) is 0 Å². The molecular formula is C20H25BN2O3. The van der Waals surface area contributed by atoms with Crippen molar-refractivity contribution >= 4 is 18.4 Å². The molecule has 2 fully saturated rings. The van der Waals surface area contributed by atoms with E-state index in [0.717, 1.165) is 16.8 Å². The Labute approximate surface area is 154 Å². The van der Waals surface area contributed by atoms with Gasteiger partial charge in [0.15, 0.2) is 5.78 Å². The molecule has 5 nitrogen and oxygen atoms in total. The van der Waals surface area contributed by atoms with Gasteiger partial charge in [-0.05, 0) is 65.1 Å². The van der Waals surface area contributed by atoms with Crippen LogP contribution >= 0.6 is 0 Å². The summed E-state index contributed by atoms with van der Waals surface area (Å²) >= 11 is 0. The highest BCUT2D eigenvalue weighted by molar-refractivity contribution is 6.62. The summed E-state index contributed by atoms with van der Waals surface area (Å²) in [6, 6.07) is 5.81. The third kappa shape index (κ3) is 2.91. The van der Waals surface area contributed by atoms with Gasteiger partial charge < -0.3 is 13.9 Å². The summed E-state index contributed by atoms with van der Waals surface area (Å²) in [5.74, 6) is 0.598. The average Bonchev–Trinajstić information content (AvgIpc) is 3.25. The standard InChI is InChI=1S/C20H25BN2O3/c1-13(24)16-10-15(21-25-19(2,3)20(4,5)26-21)8-9-18(16)23-11-17(22-12-23)14-6-7-14/h8-12,14H,6-7H2,1-5H3. The van der Waals surface area contributed by atoms with E-state index in [4.69, 9.17) is 9.31 Å². The molecule has 0 atom stereocenters. The zero-order valence-electron chi connectivity index (χ0n) is 16.1. The lowest BCUT2D eigenvalue weighted by Crippen LogP contribution is -2.41. The molecule has 1 aromatic carbocycles. The Morgan fingerprint density at radius 2 is 1.85 bits per heavy atom. The Bertz CT molecular complexity index is 852. The number of Topliss-reactive ketones (excluding diaryl/α,β-unsaturated/α-hetero) is 1. The van der Waals surface area contributed by atoms with E-state index in [1.54, 1.807) is 13.3 Å². The van der Waals surface area contributed by atoms with E-state index < -0.39 is 18.3 Å². The Morgan fingerprint density at radius 3 is 2.42 bits per heavy atom. The van der Waals surface area contributed by atoms with Gasteiger partial charge in [-0.15, -0.1) is 0 Å². The Kier molecular flexibility index (Phi) is 3.90. The maximum Gasteiger partial charge on any atom is 0.494 e. The lowest BCUT2D eigenvalue weighted by Gasteiger charge is -2.32. The van der Waals surface area contributed by atoms with Crippen LogP contribution in [-0.4, -0.2) is 33.7 Å². The summed E-state index contributed by atoms with van der Waals surface area (Å²) in [4.78, 5) is 16.8. The molecular weight excluding hydrogens is 327 g/mol. The zero-order valence-corrected chi connectivity index (χ0v) is 16.1. The number of ketones is 1. The number of benzene rings is 1. The smallest absolute Gasteiger partial charge is 0.399 e. The van der Waals surface area contributed by atoms with E-state index in [1.165, 1.54) is 12.8 Å². The minimum atomic E-state index is -0.475. The predicted octanol–water partition coefficient (Wildman–Crippen LogP) is 3.25. The van der Waals surface area contributed by atoms with Crippen LogP contribution in [0.5, 0.6) is 0 Å². The molecule has 1 saturated heterocycles. The number of hydrogen-bond acceptors (Lipinski definition) is 4. The molecule has 2 aliphatic rings. The third-order valence-corrected chi connectivity index (χ3v) is 5.80. The van der Waals surface area contributed by atoms with Gasteiger partial charge in [0.1, 0.15) is 0 Å². The molecule has 2 heterocycles. The van der Waals surface area contributed by atoms with E-state index in [0.29, 0.717) is 11.5 Å². The van der Waals surface area contributed by atoms with E-state index >= 15 is 0 Å². The van der Waals surface area contributed by atoms with Gasteiger partial charge in [-0.2, -0.15) is 0 Å². The normalized spacial score (nSPS) is 21.2. The highest BCUT2D eigenvalue weighted by Gasteiger charge is 2.51. The van der Waals surface area contributed by atoms with Gasteiger partial charge in [-0.3, -0.25) is 4.79 Å². The minimum absolute atomic E-state index is 0.0139. The van der Waals surface area contributed by atoms with Crippen LogP contribution in [0.4, 0.5) is 0 Å². The van der Waals surface area contributed by atoms with Crippen molar-refractivity contribution in [2.24, 2.45) is 0 Å². The van der Waals surface area contributed by atoms with Crippen molar-refractivity contribution in [1.29, 1.82) is 0 Å². The van der Waals surface area contributed by atoms with Gasteiger partial charge in [0.05, 0.1) is 28.9 Å². The van der Waals surface area contributed by atoms with Crippen LogP contribution in [-0.2, 0) is 9.31 Å². The van der Waals surface area contributed by atoms with Crippen molar-refractivity contribution in [2.75, 3.05) is 0 Å². The SMILES string of the molecule is CC(=O)c1cc(B2OC(C)(C)C(C)(C)O2)ccc1-n1cnc(C2CC2)c1. The zero-order chi connectivity index (χ0) is 18.7. The summed E-state index contributed by atoms with van der Waals surface area (Å²) in [7, 11) is -0.475. The van der Waals surface area contributed by atoms with Crippen molar-refractivity contribution in [1.82, 2.24) is 9.55 Å². The van der Waals surface area contributed by atoms with Crippen molar-refractivity contribution in [3.63, 3.8) is 0 Å². The second-order valence-electron chi connectivity index (χ2n) is 8.40. The van der Waals surface area contributed by atoms with Crippen LogP contribution in [0, 0.1) is 0 Å². The maximum atomic E-state index is 12.3. The van der Waals surface area contributed by atoms with E-state index in [-0.39, 0.29) is 5.78 Å². The molecule has 136 valence electrons. The quantitative estimate of drug-likeness (QED) is 0.626. The second-order valence-corrected chi connectivity index (χ2v) is 8.40. The molecule has 0 amide bonds. The van der Waals surface area contributed by atoms with Crippen molar-refractivity contribution in [3.8, 4) is 5.69 Å². The molecule has 26 heavy (non-hydrogen) atoms. The number of carbonyl (C=O) groups excluding carboxylic acids is 1. The van der Waals surface area contributed by atoms with Crippen LogP contribution < -0.4 is 5.46 Å². The average molecular weight is 352 g/mol. The molecule has 1 aliphatic heterocycles. The molecule has 0 unspecified atom stereocenters. The summed E-state index contributed by atoms with van der Waals surface area (Å²) in [5.41, 5.74) is 2.65. The fourth-order valence-corrected chi connectivity index (χ4v) is 3.25. The number of nitrogens with zero attached hydrogens (tertiary/aromatic N) is 2. The molecule has 1 saturated carbocycles. The van der Waals surface area contributed by atoms with E-state index in [2.05, 4.69) is 4.98 Å². The monoisotopic (exact) mass is 352 g/mol. The first-order chi connectivity index (χ1) is 12.2. The molecule has 2 aromatic rings. The highest BCUT2D eigenvalue weighted by Crippen LogP contribution is 2.39. The third-order valence-electron chi connectivity index (χ3n) is 5.80. The van der Waals surface area contributed by atoms with Gasteiger partial charge in [0, 0.05) is 17.7 Å². The molecule has 1 aromatic heterocycles. The van der Waals surface area contributed by atoms with Gasteiger partial charge >= 0.3 is 7.12 Å². The Hall–Kier alpha value is -1.92. The second kappa shape index (κ2) is 5.79. The van der Waals surface area contributed by atoms with Crippen molar-refractivity contribution in [2.45, 2.75) is 64.6 Å². The topological polar surface area (TPSA) is 53.4 Å². The van der Waals surface area contributed by atoms with Crippen molar-refractivity contribution in [3.05, 3.63) is 42.0 Å². The van der Waals surface area contributed by atoms with E-state index in [9.17, 15) is 4.79 Å². The number of aromatic nitrogens is 2. The Morgan fingerprint density at radius 1 is 1.19 bits per heavy atom. The number of imidazole rings is 1. The predicted molar refractivity (Wildman–Crippen MR) is 101 cm³/mol. The fraction of sp³-hybridized carbons (Fsp3) is 0.500. The number of rotatable bonds is 4.